The average Bonchev–Trinajstić information content (AvgIpc) is 2.75. The van der Waals surface area contributed by atoms with Crippen molar-refractivity contribution in [3.05, 3.63) is 35.5 Å². The Morgan fingerprint density at radius 1 is 1.44 bits per heavy atom. The minimum Gasteiger partial charge on any atom is -0.455 e. The van der Waals surface area contributed by atoms with Gasteiger partial charge in [-0.25, -0.2) is 4.79 Å². The Bertz CT molecular complexity index is 644. The first-order chi connectivity index (χ1) is 11.6. The van der Waals surface area contributed by atoms with Crippen molar-refractivity contribution in [2.75, 3.05) is 0 Å². The first-order valence-electron chi connectivity index (χ1n) is 8.44. The molecule has 0 aromatic heterocycles. The molecule has 1 aliphatic heterocycles. The first-order valence-corrected chi connectivity index (χ1v) is 8.44. The summed E-state index contributed by atoms with van der Waals surface area (Å²) in [7, 11) is 0. The van der Waals surface area contributed by atoms with Crippen LogP contribution < -0.4 is 0 Å². The van der Waals surface area contributed by atoms with E-state index < -0.39 is 41.8 Å². The summed E-state index contributed by atoms with van der Waals surface area (Å²) in [6.45, 7) is 10.5. The zero-order valence-electron chi connectivity index (χ0n) is 15.1. The molecule has 0 bridgehead atoms. The smallest absolute Gasteiger partial charge is 0.337 e. The summed E-state index contributed by atoms with van der Waals surface area (Å²) in [5, 5.41) is 22.0. The lowest BCUT2D eigenvalue weighted by Gasteiger charge is -2.37. The van der Waals surface area contributed by atoms with Crippen molar-refractivity contribution in [3.8, 4) is 0 Å². The molecule has 0 unspecified atom stereocenters. The summed E-state index contributed by atoms with van der Waals surface area (Å²) in [5.41, 5.74) is -0.782. The summed E-state index contributed by atoms with van der Waals surface area (Å²) in [4.78, 5) is 24.0. The number of allylic oxidation sites excluding steroid dienone is 2. The van der Waals surface area contributed by atoms with Crippen molar-refractivity contribution < 1.29 is 29.3 Å². The summed E-state index contributed by atoms with van der Waals surface area (Å²) >= 11 is 0. The van der Waals surface area contributed by atoms with Crippen LogP contribution in [0.25, 0.3) is 0 Å². The highest BCUT2D eigenvalue weighted by atomic mass is 16.6. The van der Waals surface area contributed by atoms with Gasteiger partial charge >= 0.3 is 11.9 Å². The van der Waals surface area contributed by atoms with Crippen LogP contribution in [0.15, 0.2) is 35.5 Å². The second-order valence-corrected chi connectivity index (χ2v) is 7.09. The number of ether oxygens (including phenoxy) is 2. The third kappa shape index (κ3) is 3.55. The van der Waals surface area contributed by atoms with Gasteiger partial charge in [-0.05, 0) is 38.3 Å². The third-order valence-electron chi connectivity index (χ3n) is 4.74. The molecule has 1 heterocycles. The van der Waals surface area contributed by atoms with Crippen LogP contribution in [0, 0.1) is 5.92 Å². The third-order valence-corrected chi connectivity index (χ3v) is 4.74. The maximum absolute atomic E-state index is 12.1. The molecule has 4 atom stereocenters. The van der Waals surface area contributed by atoms with Crippen LogP contribution in [0.2, 0.25) is 0 Å². The number of hydrogen-bond donors (Lipinski definition) is 2. The summed E-state index contributed by atoms with van der Waals surface area (Å²) in [6, 6.07) is 0. The molecule has 1 aliphatic carbocycles. The minimum absolute atomic E-state index is 0.243. The van der Waals surface area contributed by atoms with E-state index in [-0.39, 0.29) is 5.57 Å². The highest BCUT2D eigenvalue weighted by Gasteiger charge is 2.58. The Kier molecular flexibility index (Phi) is 5.54. The molecule has 25 heavy (non-hydrogen) atoms. The van der Waals surface area contributed by atoms with Crippen LogP contribution >= 0.6 is 0 Å². The second kappa shape index (κ2) is 7.14. The predicted molar refractivity (Wildman–Crippen MR) is 91.4 cm³/mol. The van der Waals surface area contributed by atoms with Gasteiger partial charge in [0.1, 0.15) is 6.10 Å². The molecule has 6 heteroatoms. The van der Waals surface area contributed by atoms with Crippen LogP contribution in [0.3, 0.4) is 0 Å². The molecule has 0 aromatic carbocycles. The average molecular weight is 350 g/mol. The number of aliphatic hydroxyl groups excluding tert-OH is 1. The van der Waals surface area contributed by atoms with Crippen molar-refractivity contribution in [2.24, 2.45) is 5.92 Å². The maximum atomic E-state index is 12.1. The Hall–Kier alpha value is -1.92. The fraction of sp³-hybridized carbons (Fsp3) is 0.579. The molecule has 2 N–H and O–H groups in total. The van der Waals surface area contributed by atoms with E-state index in [0.29, 0.717) is 18.4 Å². The van der Waals surface area contributed by atoms with E-state index in [0.717, 1.165) is 5.57 Å². The van der Waals surface area contributed by atoms with Gasteiger partial charge in [-0.2, -0.15) is 0 Å². The number of fused-ring (bicyclic) bond motifs is 1. The van der Waals surface area contributed by atoms with Gasteiger partial charge in [0.15, 0.2) is 17.8 Å². The van der Waals surface area contributed by atoms with Gasteiger partial charge < -0.3 is 19.7 Å². The fourth-order valence-electron chi connectivity index (χ4n) is 3.00. The van der Waals surface area contributed by atoms with Gasteiger partial charge in [-0.3, -0.25) is 4.79 Å². The van der Waals surface area contributed by atoms with Gasteiger partial charge in [-0.15, -0.1) is 0 Å². The number of rotatable bonds is 2. The lowest BCUT2D eigenvalue weighted by atomic mass is 9.79. The van der Waals surface area contributed by atoms with E-state index in [4.69, 9.17) is 9.47 Å². The van der Waals surface area contributed by atoms with Crippen LogP contribution in [0.1, 0.15) is 40.5 Å². The Labute approximate surface area is 147 Å². The van der Waals surface area contributed by atoms with Gasteiger partial charge in [0, 0.05) is 0 Å². The van der Waals surface area contributed by atoms with Crippen LogP contribution in [0.4, 0.5) is 0 Å². The molecule has 0 spiro atoms. The lowest BCUT2D eigenvalue weighted by Crippen LogP contribution is -2.56. The van der Waals surface area contributed by atoms with Crippen molar-refractivity contribution in [3.63, 3.8) is 0 Å². The maximum Gasteiger partial charge on any atom is 0.337 e. The molecular formula is C19H26O6. The molecule has 1 saturated heterocycles. The Balaban J connectivity index is 2.50. The first kappa shape index (κ1) is 19.4. The van der Waals surface area contributed by atoms with E-state index in [1.54, 1.807) is 26.8 Å². The van der Waals surface area contributed by atoms with E-state index in [9.17, 15) is 19.8 Å². The number of carbonyl (C=O) groups is 2. The lowest BCUT2D eigenvalue weighted by molar-refractivity contribution is -0.170. The highest BCUT2D eigenvalue weighted by Crippen LogP contribution is 2.39. The summed E-state index contributed by atoms with van der Waals surface area (Å²) in [5.74, 6) is -1.67. The normalized spacial score (nSPS) is 33.3. The molecule has 1 fully saturated rings. The SMILES string of the molecule is C=C1C(=O)O[C@@H]2C=C(C)CCC=C(C)[C@@H](OC(=O)C(C)C)[C@H](O)[C@@]12O. The predicted octanol–water partition coefficient (Wildman–Crippen LogP) is 1.81. The van der Waals surface area contributed by atoms with Gasteiger partial charge in [0.2, 0.25) is 0 Å². The number of esters is 2. The quantitative estimate of drug-likeness (QED) is 0.448. The molecule has 2 aliphatic rings. The number of aliphatic hydroxyl groups is 2. The minimum atomic E-state index is -2.06. The molecule has 2 rings (SSSR count). The van der Waals surface area contributed by atoms with Crippen molar-refractivity contribution in [1.29, 1.82) is 0 Å². The molecule has 0 radical (unpaired) electrons. The molecule has 138 valence electrons. The van der Waals surface area contributed by atoms with E-state index >= 15 is 0 Å². The largest absolute Gasteiger partial charge is 0.455 e. The van der Waals surface area contributed by atoms with Gasteiger partial charge in [0.25, 0.3) is 0 Å². The zero-order valence-corrected chi connectivity index (χ0v) is 15.1. The summed E-state index contributed by atoms with van der Waals surface area (Å²) in [6.07, 6.45) is 1.09. The molecule has 6 nitrogen and oxygen atoms in total. The fourth-order valence-corrected chi connectivity index (χ4v) is 3.00. The van der Waals surface area contributed by atoms with Crippen LogP contribution in [-0.2, 0) is 19.1 Å². The molecule has 0 saturated carbocycles. The van der Waals surface area contributed by atoms with Crippen molar-refractivity contribution >= 4 is 11.9 Å². The van der Waals surface area contributed by atoms with Gasteiger partial charge in [-0.1, -0.05) is 32.1 Å². The second-order valence-electron chi connectivity index (χ2n) is 7.09. The van der Waals surface area contributed by atoms with Gasteiger partial charge in [0.05, 0.1) is 11.5 Å². The van der Waals surface area contributed by atoms with Crippen molar-refractivity contribution in [1.82, 2.24) is 0 Å². The highest BCUT2D eigenvalue weighted by molar-refractivity contribution is 5.93. The number of carbonyl (C=O) groups excluding carboxylic acids is 2. The van der Waals surface area contributed by atoms with E-state index in [1.165, 1.54) is 0 Å². The number of hydrogen-bond acceptors (Lipinski definition) is 6. The van der Waals surface area contributed by atoms with E-state index in [1.807, 2.05) is 13.0 Å². The van der Waals surface area contributed by atoms with E-state index in [2.05, 4.69) is 6.58 Å². The Morgan fingerprint density at radius 3 is 2.68 bits per heavy atom. The topological polar surface area (TPSA) is 93.1 Å². The Morgan fingerprint density at radius 2 is 2.08 bits per heavy atom. The molecule has 0 aromatic rings. The van der Waals surface area contributed by atoms with Crippen LogP contribution in [0.5, 0.6) is 0 Å². The van der Waals surface area contributed by atoms with Crippen molar-refractivity contribution in [2.45, 2.75) is 64.4 Å². The monoisotopic (exact) mass is 350 g/mol. The summed E-state index contributed by atoms with van der Waals surface area (Å²) < 4.78 is 10.7. The standard InChI is InChI=1S/C19H26O6/c1-10(2)17(21)25-15-12(4)8-6-7-11(3)9-14-19(23,16(15)20)13(5)18(22)24-14/h8-10,14-16,20,23H,5-7H2,1-4H3/t14-,15-,16+,19-/m1/s1. The molecule has 0 amide bonds. The van der Waals surface area contributed by atoms with Crippen LogP contribution in [-0.4, -0.2) is 46.1 Å². The zero-order chi connectivity index (χ0) is 18.9. The molecular weight excluding hydrogens is 324 g/mol.